The first kappa shape index (κ1) is 14.2. The zero-order valence-electron chi connectivity index (χ0n) is 11.5. The highest BCUT2D eigenvalue weighted by atomic mass is 16.2. The topological polar surface area (TPSA) is 96.2 Å². The van der Waals surface area contributed by atoms with Gasteiger partial charge in [-0.3, -0.25) is 9.59 Å². The van der Waals surface area contributed by atoms with E-state index in [0.717, 1.165) is 19.4 Å². The Kier molecular flexibility index (Phi) is 4.45. The van der Waals surface area contributed by atoms with Gasteiger partial charge in [-0.1, -0.05) is 0 Å². The zero-order chi connectivity index (χ0) is 14.5. The quantitative estimate of drug-likeness (QED) is 0.609. The molecule has 0 bridgehead atoms. The number of carbonyl (C=O) groups is 2. The number of hydrogen-bond donors (Lipinski definition) is 4. The summed E-state index contributed by atoms with van der Waals surface area (Å²) in [5.41, 5.74) is 7.61. The Morgan fingerprint density at radius 2 is 2.30 bits per heavy atom. The third kappa shape index (κ3) is 3.20. The van der Waals surface area contributed by atoms with Crippen LogP contribution >= 0.6 is 0 Å². The SMILES string of the molecule is CCNC(=O)c1ccc(NC2CCCNC2=O)c(N)c1. The van der Waals surface area contributed by atoms with Crippen molar-refractivity contribution in [2.75, 3.05) is 24.1 Å². The maximum absolute atomic E-state index is 11.7. The molecule has 20 heavy (non-hydrogen) atoms. The van der Waals surface area contributed by atoms with E-state index in [4.69, 9.17) is 5.73 Å². The molecule has 2 rings (SSSR count). The van der Waals surface area contributed by atoms with Crippen molar-refractivity contribution < 1.29 is 9.59 Å². The van der Waals surface area contributed by atoms with Crippen LogP contribution in [0.5, 0.6) is 0 Å². The maximum atomic E-state index is 11.7. The molecule has 6 heteroatoms. The summed E-state index contributed by atoms with van der Waals surface area (Å²) in [5.74, 6) is -0.162. The van der Waals surface area contributed by atoms with Crippen molar-refractivity contribution in [3.8, 4) is 0 Å². The van der Waals surface area contributed by atoms with E-state index in [1.54, 1.807) is 18.2 Å². The molecule has 1 aliphatic rings. The van der Waals surface area contributed by atoms with Crippen molar-refractivity contribution in [3.05, 3.63) is 23.8 Å². The standard InChI is InChI=1S/C14H20N4O2/c1-2-16-13(19)9-5-6-11(10(15)8-9)18-12-4-3-7-17-14(12)20/h5-6,8,12,18H,2-4,7,15H2,1H3,(H,16,19)(H,17,20). The van der Waals surface area contributed by atoms with Crippen molar-refractivity contribution in [1.29, 1.82) is 0 Å². The van der Waals surface area contributed by atoms with Gasteiger partial charge < -0.3 is 21.7 Å². The highest BCUT2D eigenvalue weighted by Gasteiger charge is 2.22. The molecule has 1 fully saturated rings. The van der Waals surface area contributed by atoms with Crippen LogP contribution in [0.25, 0.3) is 0 Å². The average Bonchev–Trinajstić information content (AvgIpc) is 2.43. The number of anilines is 2. The van der Waals surface area contributed by atoms with E-state index in [2.05, 4.69) is 16.0 Å². The summed E-state index contributed by atoms with van der Waals surface area (Å²) in [5, 5.41) is 8.66. The van der Waals surface area contributed by atoms with Gasteiger partial charge in [0.25, 0.3) is 5.91 Å². The molecule has 6 nitrogen and oxygen atoms in total. The van der Waals surface area contributed by atoms with Crippen LogP contribution in [0.1, 0.15) is 30.1 Å². The molecule has 0 radical (unpaired) electrons. The second-order valence-electron chi connectivity index (χ2n) is 4.79. The lowest BCUT2D eigenvalue weighted by atomic mass is 10.1. The first-order chi connectivity index (χ1) is 9.61. The first-order valence-electron chi connectivity index (χ1n) is 6.83. The van der Waals surface area contributed by atoms with Crippen LogP contribution in [0, 0.1) is 0 Å². The van der Waals surface area contributed by atoms with Gasteiger partial charge in [0.15, 0.2) is 0 Å². The summed E-state index contributed by atoms with van der Waals surface area (Å²) in [4.78, 5) is 23.4. The number of nitrogen functional groups attached to an aromatic ring is 1. The minimum Gasteiger partial charge on any atom is -0.397 e. The minimum absolute atomic E-state index is 0.0107. The minimum atomic E-state index is -0.263. The monoisotopic (exact) mass is 276 g/mol. The summed E-state index contributed by atoms with van der Waals surface area (Å²) in [6, 6.07) is 4.79. The number of piperidine rings is 1. The van der Waals surface area contributed by atoms with E-state index in [-0.39, 0.29) is 17.9 Å². The largest absolute Gasteiger partial charge is 0.397 e. The van der Waals surface area contributed by atoms with Crippen LogP contribution in [0.3, 0.4) is 0 Å². The molecule has 1 heterocycles. The molecule has 5 N–H and O–H groups in total. The smallest absolute Gasteiger partial charge is 0.251 e. The van der Waals surface area contributed by atoms with Crippen LogP contribution in [0.2, 0.25) is 0 Å². The molecular formula is C14H20N4O2. The Balaban J connectivity index is 2.09. The number of rotatable bonds is 4. The molecule has 0 saturated carbocycles. The normalized spacial score (nSPS) is 18.2. The molecule has 1 atom stereocenters. The summed E-state index contributed by atoms with van der Waals surface area (Å²) in [6.45, 7) is 3.16. The fourth-order valence-electron chi connectivity index (χ4n) is 2.20. The molecule has 0 spiro atoms. The van der Waals surface area contributed by atoms with Gasteiger partial charge in [0.1, 0.15) is 6.04 Å². The van der Waals surface area contributed by atoms with Crippen LogP contribution in [0.15, 0.2) is 18.2 Å². The number of nitrogens with one attached hydrogen (secondary N) is 3. The van der Waals surface area contributed by atoms with Crippen molar-refractivity contribution in [3.63, 3.8) is 0 Å². The second kappa shape index (κ2) is 6.27. The Labute approximate surface area is 118 Å². The summed E-state index contributed by atoms with van der Waals surface area (Å²) in [6.07, 6.45) is 1.73. The fraction of sp³-hybridized carbons (Fsp3) is 0.429. The molecule has 0 aliphatic carbocycles. The first-order valence-corrected chi connectivity index (χ1v) is 6.83. The molecular weight excluding hydrogens is 256 g/mol. The lowest BCUT2D eigenvalue weighted by molar-refractivity contribution is -0.123. The van der Waals surface area contributed by atoms with Gasteiger partial charge in [-0.15, -0.1) is 0 Å². The van der Waals surface area contributed by atoms with E-state index in [1.165, 1.54) is 0 Å². The summed E-state index contributed by atoms with van der Waals surface area (Å²) >= 11 is 0. The lowest BCUT2D eigenvalue weighted by Crippen LogP contribution is -2.44. The van der Waals surface area contributed by atoms with Crippen molar-refractivity contribution >= 4 is 23.2 Å². The molecule has 1 unspecified atom stereocenters. The zero-order valence-corrected chi connectivity index (χ0v) is 11.5. The van der Waals surface area contributed by atoms with Gasteiger partial charge in [-0.25, -0.2) is 0 Å². The fourth-order valence-corrected chi connectivity index (χ4v) is 2.20. The molecule has 1 saturated heterocycles. The number of hydrogen-bond acceptors (Lipinski definition) is 4. The molecule has 108 valence electrons. The molecule has 1 aliphatic heterocycles. The van der Waals surface area contributed by atoms with E-state index >= 15 is 0 Å². The van der Waals surface area contributed by atoms with Crippen LogP contribution in [0.4, 0.5) is 11.4 Å². The van der Waals surface area contributed by atoms with E-state index in [1.807, 2.05) is 6.92 Å². The predicted molar refractivity (Wildman–Crippen MR) is 78.5 cm³/mol. The van der Waals surface area contributed by atoms with Crippen LogP contribution in [-0.4, -0.2) is 30.9 Å². The Morgan fingerprint density at radius 1 is 1.50 bits per heavy atom. The lowest BCUT2D eigenvalue weighted by Gasteiger charge is -2.24. The van der Waals surface area contributed by atoms with Gasteiger partial charge in [-0.2, -0.15) is 0 Å². The Bertz CT molecular complexity index is 516. The van der Waals surface area contributed by atoms with Gasteiger partial charge in [0.2, 0.25) is 5.91 Å². The maximum Gasteiger partial charge on any atom is 0.251 e. The van der Waals surface area contributed by atoms with Crippen molar-refractivity contribution in [2.45, 2.75) is 25.8 Å². The van der Waals surface area contributed by atoms with Crippen LogP contribution < -0.4 is 21.7 Å². The van der Waals surface area contributed by atoms with Crippen LogP contribution in [-0.2, 0) is 4.79 Å². The molecule has 1 aromatic rings. The van der Waals surface area contributed by atoms with Gasteiger partial charge in [0, 0.05) is 18.7 Å². The predicted octanol–water partition coefficient (Wildman–Crippen LogP) is 0.709. The Hall–Kier alpha value is -2.24. The summed E-state index contributed by atoms with van der Waals surface area (Å²) in [7, 11) is 0. The van der Waals surface area contributed by atoms with E-state index < -0.39 is 0 Å². The van der Waals surface area contributed by atoms with E-state index in [0.29, 0.717) is 23.5 Å². The second-order valence-corrected chi connectivity index (χ2v) is 4.79. The Morgan fingerprint density at radius 3 is 2.95 bits per heavy atom. The average molecular weight is 276 g/mol. The van der Waals surface area contributed by atoms with E-state index in [9.17, 15) is 9.59 Å². The number of carbonyl (C=O) groups excluding carboxylic acids is 2. The third-order valence-electron chi connectivity index (χ3n) is 3.27. The van der Waals surface area contributed by atoms with Crippen molar-refractivity contribution in [1.82, 2.24) is 10.6 Å². The third-order valence-corrected chi connectivity index (χ3v) is 3.27. The molecule has 2 amide bonds. The highest BCUT2D eigenvalue weighted by Crippen LogP contribution is 2.22. The number of amides is 2. The van der Waals surface area contributed by atoms with Gasteiger partial charge >= 0.3 is 0 Å². The van der Waals surface area contributed by atoms with Crippen molar-refractivity contribution in [2.24, 2.45) is 0 Å². The molecule has 0 aromatic heterocycles. The van der Waals surface area contributed by atoms with Gasteiger partial charge in [0.05, 0.1) is 11.4 Å². The number of benzene rings is 1. The van der Waals surface area contributed by atoms with Gasteiger partial charge in [-0.05, 0) is 38.0 Å². The highest BCUT2D eigenvalue weighted by molar-refractivity contribution is 5.96. The summed E-state index contributed by atoms with van der Waals surface area (Å²) < 4.78 is 0. The molecule has 1 aromatic carbocycles. The number of nitrogens with two attached hydrogens (primary N) is 1.